The van der Waals surface area contributed by atoms with Gasteiger partial charge in [-0.2, -0.15) is 4.31 Å². The largest absolute Gasteiger partial charge is 0.494 e. The molecule has 1 aromatic heterocycles. The van der Waals surface area contributed by atoms with E-state index in [2.05, 4.69) is 24.0 Å². The van der Waals surface area contributed by atoms with Gasteiger partial charge in [0.1, 0.15) is 11.6 Å². The average Bonchev–Trinajstić information content (AvgIpc) is 2.74. The number of hydrogen-bond donors (Lipinski definition) is 0. The lowest BCUT2D eigenvalue weighted by molar-refractivity contribution is 0.340. The van der Waals surface area contributed by atoms with Crippen LogP contribution in [-0.4, -0.2) is 50.5 Å². The molecule has 29 heavy (non-hydrogen) atoms. The van der Waals surface area contributed by atoms with Crippen molar-refractivity contribution in [1.29, 1.82) is 0 Å². The maximum atomic E-state index is 13.0. The van der Waals surface area contributed by atoms with Gasteiger partial charge in [-0.25, -0.2) is 13.4 Å². The molecule has 0 spiro atoms. The third-order valence-corrected chi connectivity index (χ3v) is 7.16. The summed E-state index contributed by atoms with van der Waals surface area (Å²) >= 11 is 0. The monoisotopic (exact) mass is 411 g/mol. The van der Waals surface area contributed by atoms with E-state index in [0.717, 1.165) is 16.7 Å². The minimum Gasteiger partial charge on any atom is -0.494 e. The normalized spacial score (nSPS) is 15.6. The topological polar surface area (TPSA) is 62.7 Å². The van der Waals surface area contributed by atoms with E-state index >= 15 is 0 Å². The molecule has 2 heterocycles. The summed E-state index contributed by atoms with van der Waals surface area (Å²) in [5.41, 5.74) is 2.14. The number of anilines is 1. The van der Waals surface area contributed by atoms with Crippen LogP contribution in [0.2, 0.25) is 0 Å². The van der Waals surface area contributed by atoms with Gasteiger partial charge in [0.25, 0.3) is 0 Å². The smallest absolute Gasteiger partial charge is 0.243 e. The SMILES string of the molecule is CCOc1ccc(S(=O)(=O)N2CCN(c3cc(C)c4ccccc4n3)CC2)cc1. The zero-order valence-electron chi connectivity index (χ0n) is 16.7. The number of rotatable bonds is 5. The van der Waals surface area contributed by atoms with Crippen LogP contribution in [0.3, 0.4) is 0 Å². The number of nitrogens with zero attached hydrogens (tertiary/aromatic N) is 3. The second-order valence-electron chi connectivity index (χ2n) is 7.11. The van der Waals surface area contributed by atoms with E-state index in [9.17, 15) is 8.42 Å². The molecule has 3 aromatic rings. The number of aromatic nitrogens is 1. The highest BCUT2D eigenvalue weighted by atomic mass is 32.2. The van der Waals surface area contributed by atoms with E-state index in [1.165, 1.54) is 5.56 Å². The Morgan fingerprint density at radius 3 is 2.38 bits per heavy atom. The summed E-state index contributed by atoms with van der Waals surface area (Å²) in [6, 6.07) is 16.8. The molecule has 0 unspecified atom stereocenters. The Morgan fingerprint density at radius 1 is 1.00 bits per heavy atom. The standard InChI is InChI=1S/C22H25N3O3S/c1-3-28-18-8-10-19(11-9-18)29(26,27)25-14-12-24(13-15-25)22-16-17(2)20-6-4-5-7-21(20)23-22/h4-11,16H,3,12-15H2,1-2H3. The molecule has 1 aliphatic heterocycles. The molecule has 1 aliphatic rings. The van der Waals surface area contributed by atoms with Crippen LogP contribution in [0.4, 0.5) is 5.82 Å². The molecular formula is C22H25N3O3S. The molecule has 1 saturated heterocycles. The fraction of sp³-hybridized carbons (Fsp3) is 0.318. The van der Waals surface area contributed by atoms with Crippen molar-refractivity contribution in [3.05, 3.63) is 60.2 Å². The Kier molecular flexibility index (Phi) is 5.43. The van der Waals surface area contributed by atoms with Crippen LogP contribution < -0.4 is 9.64 Å². The van der Waals surface area contributed by atoms with Gasteiger partial charge in [-0.15, -0.1) is 0 Å². The molecule has 152 valence electrons. The predicted molar refractivity (Wildman–Crippen MR) is 115 cm³/mol. The first-order chi connectivity index (χ1) is 14.0. The van der Waals surface area contributed by atoms with Gasteiger partial charge in [0, 0.05) is 31.6 Å². The first-order valence-electron chi connectivity index (χ1n) is 9.83. The minimum atomic E-state index is -3.51. The number of fused-ring (bicyclic) bond motifs is 1. The number of aryl methyl sites for hydroxylation is 1. The zero-order valence-corrected chi connectivity index (χ0v) is 17.5. The van der Waals surface area contributed by atoms with Gasteiger partial charge in [-0.1, -0.05) is 18.2 Å². The number of sulfonamides is 1. The van der Waals surface area contributed by atoms with Gasteiger partial charge < -0.3 is 9.64 Å². The zero-order chi connectivity index (χ0) is 20.4. The molecule has 7 heteroatoms. The molecule has 0 radical (unpaired) electrons. The quantitative estimate of drug-likeness (QED) is 0.643. The van der Waals surface area contributed by atoms with Crippen molar-refractivity contribution in [2.24, 2.45) is 0 Å². The van der Waals surface area contributed by atoms with E-state index in [0.29, 0.717) is 43.4 Å². The van der Waals surface area contributed by atoms with Crippen LogP contribution >= 0.6 is 0 Å². The van der Waals surface area contributed by atoms with Crippen molar-refractivity contribution in [1.82, 2.24) is 9.29 Å². The summed E-state index contributed by atoms with van der Waals surface area (Å²) in [5.74, 6) is 1.58. The van der Waals surface area contributed by atoms with Gasteiger partial charge in [0.2, 0.25) is 10.0 Å². The summed E-state index contributed by atoms with van der Waals surface area (Å²) in [7, 11) is -3.51. The van der Waals surface area contributed by atoms with Gasteiger partial charge in [-0.3, -0.25) is 0 Å². The second-order valence-corrected chi connectivity index (χ2v) is 9.05. The van der Waals surface area contributed by atoms with E-state index in [1.807, 2.05) is 25.1 Å². The average molecular weight is 412 g/mol. The van der Waals surface area contributed by atoms with Crippen molar-refractivity contribution in [3.63, 3.8) is 0 Å². The molecule has 0 aliphatic carbocycles. The van der Waals surface area contributed by atoms with Crippen LogP contribution in [0, 0.1) is 6.92 Å². The maximum absolute atomic E-state index is 13.0. The Bertz CT molecular complexity index is 1110. The summed E-state index contributed by atoms with van der Waals surface area (Å²) < 4.78 is 32.9. The molecule has 6 nitrogen and oxygen atoms in total. The van der Waals surface area contributed by atoms with E-state index in [4.69, 9.17) is 9.72 Å². The lowest BCUT2D eigenvalue weighted by Crippen LogP contribution is -2.48. The molecule has 0 bridgehead atoms. The number of ether oxygens (including phenoxy) is 1. The van der Waals surface area contributed by atoms with E-state index < -0.39 is 10.0 Å². The third-order valence-electron chi connectivity index (χ3n) is 5.24. The fourth-order valence-corrected chi connectivity index (χ4v) is 5.10. The molecule has 0 amide bonds. The molecule has 0 atom stereocenters. The molecule has 1 fully saturated rings. The molecule has 2 aromatic carbocycles. The first-order valence-corrected chi connectivity index (χ1v) is 11.3. The van der Waals surface area contributed by atoms with Crippen LogP contribution in [0.25, 0.3) is 10.9 Å². The Morgan fingerprint density at radius 2 is 1.69 bits per heavy atom. The van der Waals surface area contributed by atoms with Gasteiger partial charge in [0.05, 0.1) is 17.0 Å². The highest BCUT2D eigenvalue weighted by molar-refractivity contribution is 7.89. The van der Waals surface area contributed by atoms with Gasteiger partial charge >= 0.3 is 0 Å². The van der Waals surface area contributed by atoms with Crippen molar-refractivity contribution in [2.45, 2.75) is 18.7 Å². The van der Waals surface area contributed by atoms with Crippen LogP contribution in [-0.2, 0) is 10.0 Å². The molecule has 4 rings (SSSR count). The van der Waals surface area contributed by atoms with Crippen LogP contribution in [0.5, 0.6) is 5.75 Å². The summed E-state index contributed by atoms with van der Waals surface area (Å²) in [4.78, 5) is 7.23. The van der Waals surface area contributed by atoms with Crippen molar-refractivity contribution >= 4 is 26.7 Å². The van der Waals surface area contributed by atoms with Gasteiger partial charge in [-0.05, 0) is 55.8 Å². The van der Waals surface area contributed by atoms with Crippen molar-refractivity contribution < 1.29 is 13.2 Å². The second kappa shape index (κ2) is 8.00. The summed E-state index contributed by atoms with van der Waals surface area (Å²) in [6.07, 6.45) is 0. The molecule has 0 N–H and O–H groups in total. The Labute approximate surface area is 171 Å². The fourth-order valence-electron chi connectivity index (χ4n) is 3.67. The number of pyridine rings is 1. The lowest BCUT2D eigenvalue weighted by atomic mass is 10.1. The maximum Gasteiger partial charge on any atom is 0.243 e. The van der Waals surface area contributed by atoms with Crippen molar-refractivity contribution in [2.75, 3.05) is 37.7 Å². The first kappa shape index (κ1) is 19.7. The van der Waals surface area contributed by atoms with E-state index in [1.54, 1.807) is 28.6 Å². The highest BCUT2D eigenvalue weighted by Gasteiger charge is 2.29. The Hall–Kier alpha value is -2.64. The summed E-state index contributed by atoms with van der Waals surface area (Å²) in [6.45, 7) is 6.63. The van der Waals surface area contributed by atoms with E-state index in [-0.39, 0.29) is 0 Å². The molecular weight excluding hydrogens is 386 g/mol. The van der Waals surface area contributed by atoms with Gasteiger partial charge in [0.15, 0.2) is 0 Å². The highest BCUT2D eigenvalue weighted by Crippen LogP contribution is 2.25. The number of hydrogen-bond acceptors (Lipinski definition) is 5. The van der Waals surface area contributed by atoms with Crippen LogP contribution in [0.15, 0.2) is 59.5 Å². The minimum absolute atomic E-state index is 0.300. The molecule has 0 saturated carbocycles. The number of para-hydroxylation sites is 1. The number of piperazine rings is 1. The van der Waals surface area contributed by atoms with Crippen LogP contribution in [0.1, 0.15) is 12.5 Å². The number of benzene rings is 2. The van der Waals surface area contributed by atoms with Crippen molar-refractivity contribution in [3.8, 4) is 5.75 Å². The third kappa shape index (κ3) is 3.93. The summed E-state index contributed by atoms with van der Waals surface area (Å²) in [5, 5.41) is 1.15. The Balaban J connectivity index is 1.49. The lowest BCUT2D eigenvalue weighted by Gasteiger charge is -2.35. The predicted octanol–water partition coefficient (Wildman–Crippen LogP) is 3.45.